The number of pyridine rings is 1. The summed E-state index contributed by atoms with van der Waals surface area (Å²) in [7, 11) is 0. The first-order valence-electron chi connectivity index (χ1n) is 9.97. The Morgan fingerprint density at radius 1 is 1.04 bits per heavy atom. The van der Waals surface area contributed by atoms with Crippen LogP contribution in [-0.2, 0) is 19.4 Å². The van der Waals surface area contributed by atoms with E-state index in [1.807, 2.05) is 6.92 Å². The van der Waals surface area contributed by atoms with E-state index >= 15 is 0 Å². The highest BCUT2D eigenvalue weighted by Gasteiger charge is 2.25. The van der Waals surface area contributed by atoms with Gasteiger partial charge in [-0.05, 0) is 69.7 Å². The molecule has 3 aromatic rings. The molecule has 0 bridgehead atoms. The van der Waals surface area contributed by atoms with Crippen molar-refractivity contribution in [2.24, 2.45) is 0 Å². The average Bonchev–Trinajstić information content (AvgIpc) is 3.05. The molecule has 142 valence electrons. The zero-order valence-electron chi connectivity index (χ0n) is 15.8. The van der Waals surface area contributed by atoms with Gasteiger partial charge in [-0.15, -0.1) is 0 Å². The van der Waals surface area contributed by atoms with Crippen LogP contribution in [-0.4, -0.2) is 32.6 Å². The Morgan fingerprint density at radius 2 is 1.78 bits per heavy atom. The lowest BCUT2D eigenvalue weighted by atomic mass is 9.89. The Kier molecular flexibility index (Phi) is 3.93. The molecule has 27 heavy (non-hydrogen) atoms. The molecular weight excluding hydrogens is 342 g/mol. The van der Waals surface area contributed by atoms with E-state index in [0.29, 0.717) is 23.6 Å². The van der Waals surface area contributed by atoms with Gasteiger partial charge in [-0.1, -0.05) is 6.42 Å². The van der Waals surface area contributed by atoms with Crippen molar-refractivity contribution in [2.45, 2.75) is 58.4 Å². The quantitative estimate of drug-likeness (QED) is 0.700. The number of nitrogens with zero attached hydrogens (tertiary/aromatic N) is 4. The molecular formula is C20H25N5O2. The molecule has 1 fully saturated rings. The lowest BCUT2D eigenvalue weighted by molar-refractivity contribution is 0.214. The number of hydrogen-bond donors (Lipinski definition) is 1. The van der Waals surface area contributed by atoms with Crippen molar-refractivity contribution in [1.29, 1.82) is 0 Å². The standard InChI is InChI=1S/C20H25N5O2/c1-12-13-7-3-4-8-14(13)16-17-18(27-19(16)22-12)20(26)25(21)15(23-17)11-24-9-5-2-6-10-24/h2-11,21H2,1H3. The number of nitrogen functional groups attached to an aromatic ring is 1. The van der Waals surface area contributed by atoms with Crippen molar-refractivity contribution in [3.05, 3.63) is 33.0 Å². The van der Waals surface area contributed by atoms with E-state index in [1.165, 1.54) is 36.8 Å². The van der Waals surface area contributed by atoms with Crippen molar-refractivity contribution >= 4 is 22.2 Å². The number of aryl methyl sites for hydroxylation is 2. The summed E-state index contributed by atoms with van der Waals surface area (Å²) in [4.78, 5) is 24.6. The van der Waals surface area contributed by atoms with Crippen molar-refractivity contribution in [2.75, 3.05) is 18.9 Å². The van der Waals surface area contributed by atoms with Crippen LogP contribution in [0.4, 0.5) is 0 Å². The Bertz CT molecular complexity index is 1090. The van der Waals surface area contributed by atoms with Crippen LogP contribution >= 0.6 is 0 Å². The molecule has 7 heteroatoms. The molecule has 3 aromatic heterocycles. The van der Waals surface area contributed by atoms with E-state index in [9.17, 15) is 4.79 Å². The Balaban J connectivity index is 1.73. The van der Waals surface area contributed by atoms with Crippen LogP contribution in [0.5, 0.6) is 0 Å². The topological polar surface area (TPSA) is 90.2 Å². The van der Waals surface area contributed by atoms with Crippen molar-refractivity contribution < 1.29 is 4.42 Å². The number of piperidine rings is 1. The lowest BCUT2D eigenvalue weighted by Gasteiger charge is -2.26. The molecule has 0 spiro atoms. The van der Waals surface area contributed by atoms with Gasteiger partial charge in [0.05, 0.1) is 11.9 Å². The molecule has 4 heterocycles. The second-order valence-corrected chi connectivity index (χ2v) is 7.86. The molecule has 0 atom stereocenters. The van der Waals surface area contributed by atoms with E-state index in [0.717, 1.165) is 48.1 Å². The minimum atomic E-state index is -0.327. The molecule has 0 unspecified atom stereocenters. The molecule has 2 N–H and O–H groups in total. The van der Waals surface area contributed by atoms with Crippen molar-refractivity contribution in [1.82, 2.24) is 19.5 Å². The normalized spacial score (nSPS) is 18.3. The van der Waals surface area contributed by atoms with Crippen LogP contribution in [0.2, 0.25) is 0 Å². The fourth-order valence-electron chi connectivity index (χ4n) is 4.65. The molecule has 1 saturated heterocycles. The van der Waals surface area contributed by atoms with Gasteiger partial charge in [0.25, 0.3) is 0 Å². The number of nitrogens with two attached hydrogens (primary N) is 1. The minimum absolute atomic E-state index is 0.223. The van der Waals surface area contributed by atoms with E-state index in [-0.39, 0.29) is 11.1 Å². The van der Waals surface area contributed by atoms with Gasteiger partial charge in [-0.3, -0.25) is 9.69 Å². The second kappa shape index (κ2) is 6.34. The van der Waals surface area contributed by atoms with E-state index in [2.05, 4.69) is 9.88 Å². The van der Waals surface area contributed by atoms with Crippen LogP contribution in [0.25, 0.3) is 22.2 Å². The van der Waals surface area contributed by atoms with Crippen molar-refractivity contribution in [3.8, 4) is 0 Å². The fraction of sp³-hybridized carbons (Fsp3) is 0.550. The zero-order chi connectivity index (χ0) is 18.5. The number of fused-ring (bicyclic) bond motifs is 5. The molecule has 0 radical (unpaired) electrons. The highest BCUT2D eigenvalue weighted by molar-refractivity contribution is 6.03. The molecule has 5 rings (SSSR count). The van der Waals surface area contributed by atoms with Gasteiger partial charge in [0, 0.05) is 5.69 Å². The highest BCUT2D eigenvalue weighted by atomic mass is 16.3. The third-order valence-corrected chi connectivity index (χ3v) is 6.09. The predicted octanol–water partition coefficient (Wildman–Crippen LogP) is 2.42. The smallest absolute Gasteiger partial charge is 0.315 e. The number of aromatic nitrogens is 3. The summed E-state index contributed by atoms with van der Waals surface area (Å²) in [5, 5.41) is 0.919. The SMILES string of the molecule is Cc1nc2oc3c(=O)n(N)c(CN4CCCCC4)nc3c2c2c1CCCC2. The summed E-state index contributed by atoms with van der Waals surface area (Å²) >= 11 is 0. The number of likely N-dealkylation sites (tertiary alicyclic amines) is 1. The third kappa shape index (κ3) is 2.64. The maximum absolute atomic E-state index is 12.9. The molecule has 0 saturated carbocycles. The predicted molar refractivity (Wildman–Crippen MR) is 104 cm³/mol. The maximum Gasteiger partial charge on any atom is 0.315 e. The van der Waals surface area contributed by atoms with E-state index in [4.69, 9.17) is 15.2 Å². The summed E-state index contributed by atoms with van der Waals surface area (Å²) in [5.41, 5.74) is 4.60. The maximum atomic E-state index is 12.9. The summed E-state index contributed by atoms with van der Waals surface area (Å²) in [6, 6.07) is 0. The van der Waals surface area contributed by atoms with Crippen LogP contribution in [0.15, 0.2) is 9.21 Å². The Morgan fingerprint density at radius 3 is 2.56 bits per heavy atom. The van der Waals surface area contributed by atoms with Gasteiger partial charge in [0.15, 0.2) is 0 Å². The second-order valence-electron chi connectivity index (χ2n) is 7.86. The van der Waals surface area contributed by atoms with Gasteiger partial charge in [0.1, 0.15) is 11.3 Å². The number of furan rings is 1. The Labute approximate surface area is 157 Å². The van der Waals surface area contributed by atoms with Crippen LogP contribution in [0.1, 0.15) is 54.7 Å². The molecule has 0 amide bonds. The van der Waals surface area contributed by atoms with Crippen LogP contribution in [0, 0.1) is 6.92 Å². The summed E-state index contributed by atoms with van der Waals surface area (Å²) in [6.07, 6.45) is 7.98. The fourth-order valence-corrected chi connectivity index (χ4v) is 4.65. The van der Waals surface area contributed by atoms with Crippen LogP contribution < -0.4 is 11.4 Å². The van der Waals surface area contributed by atoms with Gasteiger partial charge < -0.3 is 10.3 Å². The summed E-state index contributed by atoms with van der Waals surface area (Å²) in [6.45, 7) is 4.66. The number of rotatable bonds is 2. The Hall–Kier alpha value is -2.41. The van der Waals surface area contributed by atoms with E-state index in [1.54, 1.807) is 0 Å². The zero-order valence-corrected chi connectivity index (χ0v) is 15.8. The average molecular weight is 367 g/mol. The molecule has 1 aliphatic heterocycles. The molecule has 1 aliphatic carbocycles. The molecule has 2 aliphatic rings. The van der Waals surface area contributed by atoms with E-state index < -0.39 is 0 Å². The van der Waals surface area contributed by atoms with Gasteiger partial charge >= 0.3 is 5.56 Å². The summed E-state index contributed by atoms with van der Waals surface area (Å²) < 4.78 is 7.01. The first-order valence-corrected chi connectivity index (χ1v) is 9.97. The van der Waals surface area contributed by atoms with Gasteiger partial charge in [-0.2, -0.15) is 0 Å². The third-order valence-electron chi connectivity index (χ3n) is 6.09. The number of hydrogen-bond acceptors (Lipinski definition) is 6. The van der Waals surface area contributed by atoms with Gasteiger partial charge in [-0.25, -0.2) is 14.6 Å². The highest BCUT2D eigenvalue weighted by Crippen LogP contribution is 2.34. The lowest BCUT2D eigenvalue weighted by Crippen LogP contribution is -2.36. The minimum Gasteiger partial charge on any atom is -0.430 e. The van der Waals surface area contributed by atoms with Crippen molar-refractivity contribution in [3.63, 3.8) is 0 Å². The first kappa shape index (κ1) is 16.7. The summed E-state index contributed by atoms with van der Waals surface area (Å²) in [5.74, 6) is 6.69. The largest absolute Gasteiger partial charge is 0.430 e. The van der Waals surface area contributed by atoms with Crippen LogP contribution in [0.3, 0.4) is 0 Å². The first-order chi connectivity index (χ1) is 13.1. The molecule has 0 aromatic carbocycles. The molecule has 7 nitrogen and oxygen atoms in total. The van der Waals surface area contributed by atoms with Gasteiger partial charge in [0.2, 0.25) is 11.3 Å². The monoisotopic (exact) mass is 367 g/mol.